The number of aliphatic hydroxyl groups is 1. The first-order valence-electron chi connectivity index (χ1n) is 8.29. The largest absolute Gasteiger partial charge is 0.393 e. The summed E-state index contributed by atoms with van der Waals surface area (Å²) in [6.07, 6.45) is 5.19. The van der Waals surface area contributed by atoms with Crippen LogP contribution in [0, 0.1) is 11.8 Å². The van der Waals surface area contributed by atoms with Crippen LogP contribution in [0.15, 0.2) is 30.5 Å². The monoisotopic (exact) mass is 311 g/mol. The van der Waals surface area contributed by atoms with Crippen molar-refractivity contribution in [2.45, 2.75) is 37.8 Å². The highest BCUT2D eigenvalue weighted by Gasteiger charge is 2.43. The van der Waals surface area contributed by atoms with Gasteiger partial charge in [-0.3, -0.25) is 9.78 Å². The zero-order valence-electron chi connectivity index (χ0n) is 13.2. The van der Waals surface area contributed by atoms with Crippen LogP contribution in [0.1, 0.15) is 36.2 Å². The Morgan fingerprint density at radius 3 is 2.48 bits per heavy atom. The van der Waals surface area contributed by atoms with E-state index in [1.54, 1.807) is 6.20 Å². The molecule has 2 saturated carbocycles. The van der Waals surface area contributed by atoms with E-state index in [4.69, 9.17) is 0 Å². The molecule has 2 aliphatic carbocycles. The maximum absolute atomic E-state index is 12.7. The fourth-order valence-corrected chi connectivity index (χ4v) is 4.28. The second kappa shape index (κ2) is 5.57. The quantitative estimate of drug-likeness (QED) is 0.924. The van der Waals surface area contributed by atoms with Gasteiger partial charge in [0.2, 0.25) is 0 Å². The number of aromatic nitrogens is 2. The van der Waals surface area contributed by atoms with E-state index in [0.717, 1.165) is 36.7 Å². The average Bonchev–Trinajstić information content (AvgIpc) is 3.10. The minimum atomic E-state index is -0.140. The molecule has 4 rings (SSSR count). The Morgan fingerprint density at radius 1 is 1.13 bits per heavy atom. The molecule has 0 radical (unpaired) electrons. The van der Waals surface area contributed by atoms with Crippen molar-refractivity contribution in [2.75, 3.05) is 7.05 Å². The molecule has 1 aromatic heterocycles. The highest BCUT2D eigenvalue weighted by Crippen LogP contribution is 2.45. The molecule has 2 unspecified atom stereocenters. The van der Waals surface area contributed by atoms with Crippen LogP contribution < -0.4 is 0 Å². The zero-order chi connectivity index (χ0) is 16.0. The fraction of sp³-hybridized carbons (Fsp3) is 0.500. The highest BCUT2D eigenvalue weighted by molar-refractivity contribution is 5.93. The summed E-state index contributed by atoms with van der Waals surface area (Å²) in [6, 6.07) is 7.83. The van der Waals surface area contributed by atoms with E-state index in [1.165, 1.54) is 0 Å². The molecule has 2 aliphatic rings. The summed E-state index contributed by atoms with van der Waals surface area (Å²) in [6.45, 7) is 0. The van der Waals surface area contributed by atoms with Crippen molar-refractivity contribution < 1.29 is 9.90 Å². The van der Waals surface area contributed by atoms with Gasteiger partial charge in [-0.05, 0) is 49.7 Å². The predicted molar refractivity (Wildman–Crippen MR) is 86.9 cm³/mol. The maximum Gasteiger partial charge on any atom is 0.274 e. The highest BCUT2D eigenvalue weighted by atomic mass is 16.3. The second-order valence-corrected chi connectivity index (χ2v) is 6.93. The first kappa shape index (κ1) is 14.6. The molecule has 120 valence electrons. The van der Waals surface area contributed by atoms with Crippen molar-refractivity contribution in [3.63, 3.8) is 0 Å². The summed E-state index contributed by atoms with van der Waals surface area (Å²) < 4.78 is 0. The number of hydrogen-bond donors (Lipinski definition) is 1. The Labute approximate surface area is 135 Å². The Kier molecular flexibility index (Phi) is 3.53. The lowest BCUT2D eigenvalue weighted by Gasteiger charge is -2.25. The predicted octanol–water partition coefficient (Wildman–Crippen LogP) is 2.25. The molecule has 0 aliphatic heterocycles. The number of rotatable bonds is 2. The molecule has 5 nitrogen and oxygen atoms in total. The van der Waals surface area contributed by atoms with Gasteiger partial charge in [0, 0.05) is 13.1 Å². The molecule has 23 heavy (non-hydrogen) atoms. The molecule has 1 heterocycles. The normalized spacial score (nSPS) is 29.7. The van der Waals surface area contributed by atoms with Gasteiger partial charge in [0.25, 0.3) is 5.91 Å². The molecular formula is C18H21N3O2. The van der Waals surface area contributed by atoms with Crippen molar-refractivity contribution in [1.29, 1.82) is 0 Å². The van der Waals surface area contributed by atoms with E-state index in [-0.39, 0.29) is 18.1 Å². The summed E-state index contributed by atoms with van der Waals surface area (Å²) in [5.74, 6) is 1.06. The maximum atomic E-state index is 12.7. The van der Waals surface area contributed by atoms with Crippen LogP contribution in [0.5, 0.6) is 0 Å². The van der Waals surface area contributed by atoms with Crippen LogP contribution in [-0.2, 0) is 0 Å². The molecule has 1 amide bonds. The number of hydrogen-bond acceptors (Lipinski definition) is 4. The molecule has 0 saturated heterocycles. The third-order valence-electron chi connectivity index (χ3n) is 5.50. The number of aliphatic hydroxyl groups excluding tert-OH is 1. The number of benzene rings is 1. The standard InChI is InChI=1S/C18H21N3O2/c1-21(13-6-11-8-14(22)9-12(11)7-13)18(23)17-10-19-15-4-2-3-5-16(15)20-17/h2-5,10-14,22H,6-9H2,1H3/t11-,12+,13?,14?. The van der Waals surface area contributed by atoms with Crippen LogP contribution in [0.3, 0.4) is 0 Å². The Morgan fingerprint density at radius 2 is 1.78 bits per heavy atom. The van der Waals surface area contributed by atoms with Gasteiger partial charge < -0.3 is 10.0 Å². The molecular weight excluding hydrogens is 290 g/mol. The van der Waals surface area contributed by atoms with Gasteiger partial charge in [0.1, 0.15) is 5.69 Å². The minimum Gasteiger partial charge on any atom is -0.393 e. The summed E-state index contributed by atoms with van der Waals surface area (Å²) in [5.41, 5.74) is 1.96. The Balaban J connectivity index is 1.51. The Bertz CT molecular complexity index is 734. The number of carbonyl (C=O) groups is 1. The number of fused-ring (bicyclic) bond motifs is 2. The van der Waals surface area contributed by atoms with Crippen molar-refractivity contribution in [3.8, 4) is 0 Å². The van der Waals surface area contributed by atoms with E-state index in [0.29, 0.717) is 17.5 Å². The molecule has 1 aromatic carbocycles. The van der Waals surface area contributed by atoms with E-state index in [1.807, 2.05) is 36.2 Å². The van der Waals surface area contributed by atoms with E-state index in [9.17, 15) is 9.90 Å². The smallest absolute Gasteiger partial charge is 0.274 e. The van der Waals surface area contributed by atoms with Crippen LogP contribution >= 0.6 is 0 Å². The summed E-state index contributed by atoms with van der Waals surface area (Å²) in [5, 5.41) is 9.75. The number of carbonyl (C=O) groups excluding carboxylic acids is 1. The van der Waals surface area contributed by atoms with Crippen LogP contribution in [0.2, 0.25) is 0 Å². The van der Waals surface area contributed by atoms with Gasteiger partial charge in [0.15, 0.2) is 0 Å². The molecule has 5 heteroatoms. The first-order valence-corrected chi connectivity index (χ1v) is 8.29. The fourth-order valence-electron chi connectivity index (χ4n) is 4.28. The molecule has 0 spiro atoms. The summed E-state index contributed by atoms with van der Waals surface area (Å²) >= 11 is 0. The van der Waals surface area contributed by atoms with E-state index in [2.05, 4.69) is 9.97 Å². The molecule has 2 aromatic rings. The number of para-hydroxylation sites is 2. The van der Waals surface area contributed by atoms with Crippen LogP contribution in [-0.4, -0.2) is 45.1 Å². The van der Waals surface area contributed by atoms with Gasteiger partial charge >= 0.3 is 0 Å². The van der Waals surface area contributed by atoms with Gasteiger partial charge in [-0.25, -0.2) is 4.98 Å². The van der Waals surface area contributed by atoms with Crippen molar-refractivity contribution in [3.05, 3.63) is 36.2 Å². The Hall–Kier alpha value is -2.01. The SMILES string of the molecule is CN(C(=O)c1cnc2ccccc2n1)C1C[C@H]2CC(O)C[C@H]2C1. The lowest BCUT2D eigenvalue weighted by Crippen LogP contribution is -2.36. The van der Waals surface area contributed by atoms with Gasteiger partial charge in [-0.1, -0.05) is 12.1 Å². The lowest BCUT2D eigenvalue weighted by atomic mass is 10.0. The topological polar surface area (TPSA) is 66.3 Å². The van der Waals surface area contributed by atoms with Crippen molar-refractivity contribution in [1.82, 2.24) is 14.9 Å². The minimum absolute atomic E-state index is 0.0613. The average molecular weight is 311 g/mol. The second-order valence-electron chi connectivity index (χ2n) is 6.93. The first-order chi connectivity index (χ1) is 11.1. The lowest BCUT2D eigenvalue weighted by molar-refractivity contribution is 0.0716. The third-order valence-corrected chi connectivity index (χ3v) is 5.50. The van der Waals surface area contributed by atoms with Crippen molar-refractivity contribution >= 4 is 16.9 Å². The van der Waals surface area contributed by atoms with Crippen LogP contribution in [0.4, 0.5) is 0 Å². The number of amides is 1. The van der Waals surface area contributed by atoms with Crippen LogP contribution in [0.25, 0.3) is 11.0 Å². The number of nitrogens with zero attached hydrogens (tertiary/aromatic N) is 3. The van der Waals surface area contributed by atoms with Gasteiger partial charge in [-0.2, -0.15) is 0 Å². The van der Waals surface area contributed by atoms with Crippen molar-refractivity contribution in [2.24, 2.45) is 11.8 Å². The van der Waals surface area contributed by atoms with E-state index < -0.39 is 0 Å². The third kappa shape index (κ3) is 2.59. The summed E-state index contributed by atoms with van der Waals surface area (Å²) in [4.78, 5) is 23.3. The van der Waals surface area contributed by atoms with Gasteiger partial charge in [-0.15, -0.1) is 0 Å². The summed E-state index contributed by atoms with van der Waals surface area (Å²) in [7, 11) is 1.86. The van der Waals surface area contributed by atoms with E-state index >= 15 is 0 Å². The zero-order valence-corrected chi connectivity index (χ0v) is 13.2. The molecule has 0 bridgehead atoms. The molecule has 1 N–H and O–H groups in total. The van der Waals surface area contributed by atoms with Gasteiger partial charge in [0.05, 0.1) is 23.3 Å². The molecule has 2 fully saturated rings. The molecule has 4 atom stereocenters.